The molecule has 1 N–H and O–H groups in total. The predicted octanol–water partition coefficient (Wildman–Crippen LogP) is 6.77. The molecule has 1 aliphatic carbocycles. The van der Waals surface area contributed by atoms with Crippen molar-refractivity contribution in [2.45, 2.75) is 57.1 Å². The van der Waals surface area contributed by atoms with Gasteiger partial charge in [-0.25, -0.2) is 0 Å². The Morgan fingerprint density at radius 3 is 2.26 bits per heavy atom. The molecule has 3 aliphatic rings. The van der Waals surface area contributed by atoms with Crippen molar-refractivity contribution in [3.05, 3.63) is 58.7 Å². The minimum absolute atomic E-state index is 0.0958. The van der Waals surface area contributed by atoms with Gasteiger partial charge in [0.2, 0.25) is 0 Å². The van der Waals surface area contributed by atoms with E-state index in [9.17, 15) is 36.2 Å². The molecule has 0 radical (unpaired) electrons. The number of hydrogen-bond donors (Lipinski definition) is 1. The van der Waals surface area contributed by atoms with Crippen LogP contribution in [0.2, 0.25) is 0 Å². The Kier molecular flexibility index (Phi) is 7.01. The number of carboxylic acids is 1. The zero-order chi connectivity index (χ0) is 28.3. The van der Waals surface area contributed by atoms with Crippen LogP contribution >= 0.6 is 0 Å². The fraction of sp³-hybridized carbons (Fsp3) is 0.536. The van der Waals surface area contributed by atoms with Crippen LogP contribution in [0.5, 0.6) is 11.5 Å². The first-order valence-electron chi connectivity index (χ1n) is 12.9. The molecule has 212 valence electrons. The van der Waals surface area contributed by atoms with Crippen LogP contribution in [0.1, 0.15) is 60.9 Å². The van der Waals surface area contributed by atoms with Gasteiger partial charge in [0.05, 0.1) is 17.0 Å². The molecule has 5 nitrogen and oxygen atoms in total. The van der Waals surface area contributed by atoms with Crippen LogP contribution in [-0.4, -0.2) is 41.8 Å². The van der Waals surface area contributed by atoms with Crippen LogP contribution in [-0.2, 0) is 17.1 Å². The number of alkyl halides is 6. The lowest BCUT2D eigenvalue weighted by Crippen LogP contribution is -2.56. The fourth-order valence-electron chi connectivity index (χ4n) is 5.76. The summed E-state index contributed by atoms with van der Waals surface area (Å²) in [6.45, 7) is 4.07. The molecular formula is C28H29F6NO4. The molecule has 0 bridgehead atoms. The number of likely N-dealkylation sites (tertiary alicyclic amines) is 1. The maximum atomic E-state index is 13.6. The molecule has 0 spiro atoms. The summed E-state index contributed by atoms with van der Waals surface area (Å²) in [5.74, 6) is -0.332. The Hall–Kier alpha value is -2.95. The smallest absolute Gasteiger partial charge is 0.416 e. The Morgan fingerprint density at radius 1 is 0.974 bits per heavy atom. The minimum Gasteiger partial charge on any atom is -0.486 e. The van der Waals surface area contributed by atoms with E-state index in [2.05, 4.69) is 0 Å². The van der Waals surface area contributed by atoms with E-state index in [1.807, 2.05) is 12.1 Å². The molecular weight excluding hydrogens is 528 g/mol. The van der Waals surface area contributed by atoms with E-state index in [4.69, 9.17) is 9.47 Å². The summed E-state index contributed by atoms with van der Waals surface area (Å²) in [5, 5.41) is 9.57. The van der Waals surface area contributed by atoms with E-state index in [1.54, 1.807) is 17.9 Å². The van der Waals surface area contributed by atoms with Crippen LogP contribution < -0.4 is 9.47 Å². The topological polar surface area (TPSA) is 59.0 Å². The van der Waals surface area contributed by atoms with E-state index in [0.717, 1.165) is 18.4 Å². The molecule has 2 aromatic rings. The van der Waals surface area contributed by atoms with Crippen LogP contribution in [0, 0.1) is 17.8 Å². The highest BCUT2D eigenvalue weighted by Gasteiger charge is 2.44. The van der Waals surface area contributed by atoms with Gasteiger partial charge in [0.15, 0.2) is 11.5 Å². The number of carbonyl (C=O) groups is 1. The fourth-order valence-corrected chi connectivity index (χ4v) is 5.76. The molecule has 2 aromatic carbocycles. The van der Waals surface area contributed by atoms with Gasteiger partial charge >= 0.3 is 18.3 Å². The second kappa shape index (κ2) is 9.91. The molecule has 39 heavy (non-hydrogen) atoms. The average Bonchev–Trinajstić information content (AvgIpc) is 3.66. The van der Waals surface area contributed by atoms with Crippen LogP contribution in [0.15, 0.2) is 36.4 Å². The third-order valence-corrected chi connectivity index (χ3v) is 8.24. The van der Waals surface area contributed by atoms with Gasteiger partial charge < -0.3 is 14.6 Å². The van der Waals surface area contributed by atoms with Gasteiger partial charge in [0, 0.05) is 25.0 Å². The number of carboxylic acid groups (broad SMARTS) is 1. The van der Waals surface area contributed by atoms with E-state index in [0.29, 0.717) is 48.7 Å². The van der Waals surface area contributed by atoms with Crippen molar-refractivity contribution >= 4 is 5.97 Å². The molecule has 0 amide bonds. The van der Waals surface area contributed by atoms with Crippen LogP contribution in [0.25, 0.3) is 0 Å². The van der Waals surface area contributed by atoms with Crippen molar-refractivity contribution in [2.24, 2.45) is 17.8 Å². The number of benzene rings is 2. The van der Waals surface area contributed by atoms with E-state index in [1.165, 1.54) is 6.92 Å². The Bertz CT molecular complexity index is 1240. The first kappa shape index (κ1) is 27.6. The van der Waals surface area contributed by atoms with Gasteiger partial charge in [-0.3, -0.25) is 9.69 Å². The summed E-state index contributed by atoms with van der Waals surface area (Å²) in [5.41, 5.74) is -1.74. The second-order valence-corrected chi connectivity index (χ2v) is 10.9. The van der Waals surface area contributed by atoms with Crippen molar-refractivity contribution in [3.8, 4) is 11.5 Å². The monoisotopic (exact) mass is 557 g/mol. The highest BCUT2D eigenvalue weighted by molar-refractivity contribution is 5.71. The maximum absolute atomic E-state index is 13.6. The molecule has 1 saturated carbocycles. The number of aliphatic carboxylic acids is 1. The van der Waals surface area contributed by atoms with Gasteiger partial charge in [0.1, 0.15) is 12.7 Å². The van der Waals surface area contributed by atoms with Gasteiger partial charge in [-0.2, -0.15) is 26.3 Å². The van der Waals surface area contributed by atoms with Gasteiger partial charge in [-0.1, -0.05) is 13.0 Å². The number of rotatable bonds is 7. The molecule has 2 aliphatic heterocycles. The normalized spacial score (nSPS) is 22.6. The lowest BCUT2D eigenvalue weighted by Gasteiger charge is -2.47. The Labute approximate surface area is 221 Å². The van der Waals surface area contributed by atoms with Crippen LogP contribution in [0.4, 0.5) is 26.3 Å². The molecule has 2 fully saturated rings. The quantitative estimate of drug-likeness (QED) is 0.381. The number of halogens is 6. The number of hydrogen-bond acceptors (Lipinski definition) is 4. The maximum Gasteiger partial charge on any atom is 0.416 e. The first-order chi connectivity index (χ1) is 18.2. The number of fused-ring (bicyclic) bond motifs is 1. The molecule has 5 rings (SSSR count). The van der Waals surface area contributed by atoms with Crippen molar-refractivity contribution in [1.82, 2.24) is 4.90 Å². The Morgan fingerprint density at radius 2 is 1.67 bits per heavy atom. The van der Waals surface area contributed by atoms with Crippen molar-refractivity contribution in [1.29, 1.82) is 0 Å². The zero-order valence-corrected chi connectivity index (χ0v) is 21.4. The van der Waals surface area contributed by atoms with Crippen molar-refractivity contribution in [3.63, 3.8) is 0 Å². The molecule has 4 unspecified atom stereocenters. The van der Waals surface area contributed by atoms with E-state index >= 15 is 0 Å². The van der Waals surface area contributed by atoms with E-state index in [-0.39, 0.29) is 18.4 Å². The van der Waals surface area contributed by atoms with Crippen molar-refractivity contribution < 1.29 is 45.7 Å². The lowest BCUT2D eigenvalue weighted by molar-refractivity contribution is -0.142. The number of ether oxygens (including phenoxy) is 2. The molecule has 4 atom stereocenters. The third kappa shape index (κ3) is 5.55. The highest BCUT2D eigenvalue weighted by Crippen LogP contribution is 2.49. The SMILES string of the molecule is CC(C(=O)O)C(c1ccc2c(c1)OC(C1CN(C(C)c3cc(C(F)(F)F)ccc3C(F)(F)F)C1)CO2)C1CC1. The zero-order valence-electron chi connectivity index (χ0n) is 21.4. The summed E-state index contributed by atoms with van der Waals surface area (Å²) < 4.78 is 92.6. The molecule has 2 heterocycles. The molecule has 1 saturated heterocycles. The van der Waals surface area contributed by atoms with E-state index < -0.39 is 53.1 Å². The lowest BCUT2D eigenvalue weighted by atomic mass is 9.83. The standard InChI is InChI=1S/C28H29F6NO4/c1-14(26(36)37)25(16-3-4-16)17-5-8-22-23(9-17)39-24(13-38-22)18-11-35(12-18)15(2)20-10-19(27(29,30)31)6-7-21(20)28(32,33)34/h5-10,14-16,18,24-25H,3-4,11-13H2,1-2H3,(H,36,37). The number of nitrogens with zero attached hydrogens (tertiary/aromatic N) is 1. The largest absolute Gasteiger partial charge is 0.486 e. The molecule has 0 aromatic heterocycles. The molecule has 11 heteroatoms. The summed E-state index contributed by atoms with van der Waals surface area (Å²) in [6, 6.07) is 6.12. The average molecular weight is 558 g/mol. The Balaban J connectivity index is 1.29. The van der Waals surface area contributed by atoms with Crippen molar-refractivity contribution in [2.75, 3.05) is 19.7 Å². The van der Waals surface area contributed by atoms with Gasteiger partial charge in [-0.15, -0.1) is 0 Å². The minimum atomic E-state index is -4.78. The summed E-state index contributed by atoms with van der Waals surface area (Å²) >= 11 is 0. The predicted molar refractivity (Wildman–Crippen MR) is 129 cm³/mol. The first-order valence-corrected chi connectivity index (χ1v) is 12.9. The summed E-state index contributed by atoms with van der Waals surface area (Å²) in [7, 11) is 0. The summed E-state index contributed by atoms with van der Waals surface area (Å²) in [4.78, 5) is 13.4. The second-order valence-electron chi connectivity index (χ2n) is 10.9. The van der Waals surface area contributed by atoms with Gasteiger partial charge in [0.25, 0.3) is 0 Å². The van der Waals surface area contributed by atoms with Crippen LogP contribution in [0.3, 0.4) is 0 Å². The summed E-state index contributed by atoms with van der Waals surface area (Å²) in [6.07, 6.45) is -7.99. The van der Waals surface area contributed by atoms with Gasteiger partial charge in [-0.05, 0) is 73.1 Å². The highest BCUT2D eigenvalue weighted by atomic mass is 19.4. The third-order valence-electron chi connectivity index (χ3n) is 8.24.